The number of hydrogen-bond donors (Lipinski definition) is 2. The summed E-state index contributed by atoms with van der Waals surface area (Å²) in [7, 11) is 0. The van der Waals surface area contributed by atoms with Gasteiger partial charge in [0.2, 0.25) is 0 Å². The molecule has 0 saturated carbocycles. The molecule has 5 nitrogen and oxygen atoms in total. The standard InChI is InChI=1S/C12H12N4O/c1-7-3-2-4-9(14-7)11-15-10-6-13-5-8(10)12(17)16-11/h2-4,13H,5-6H2,1H3,(H,15,16,17). The number of nitrogens with one attached hydrogen (secondary N) is 2. The topological polar surface area (TPSA) is 70.7 Å². The zero-order valence-corrected chi connectivity index (χ0v) is 9.45. The highest BCUT2D eigenvalue weighted by atomic mass is 16.1. The summed E-state index contributed by atoms with van der Waals surface area (Å²) in [5.41, 5.74) is 3.10. The lowest BCUT2D eigenvalue weighted by atomic mass is 10.2. The van der Waals surface area contributed by atoms with Crippen LogP contribution in [0.25, 0.3) is 11.5 Å². The smallest absolute Gasteiger partial charge is 0.256 e. The molecule has 0 aliphatic carbocycles. The second-order valence-corrected chi connectivity index (χ2v) is 4.11. The third kappa shape index (κ3) is 1.74. The average Bonchev–Trinajstić information content (AvgIpc) is 2.77. The Balaban J connectivity index is 2.16. The van der Waals surface area contributed by atoms with E-state index in [1.807, 2.05) is 25.1 Å². The van der Waals surface area contributed by atoms with Gasteiger partial charge in [-0.15, -0.1) is 0 Å². The number of H-pyrrole nitrogens is 1. The quantitative estimate of drug-likeness (QED) is 0.755. The summed E-state index contributed by atoms with van der Waals surface area (Å²) in [6.45, 7) is 3.16. The van der Waals surface area contributed by atoms with E-state index in [0.717, 1.165) is 17.0 Å². The van der Waals surface area contributed by atoms with Gasteiger partial charge in [-0.1, -0.05) is 6.07 Å². The van der Waals surface area contributed by atoms with Crippen LogP contribution in [0, 0.1) is 6.92 Å². The number of hydrogen-bond acceptors (Lipinski definition) is 4. The summed E-state index contributed by atoms with van der Waals surface area (Å²) in [5.74, 6) is 0.543. The zero-order chi connectivity index (χ0) is 11.8. The first-order valence-electron chi connectivity index (χ1n) is 5.51. The fourth-order valence-corrected chi connectivity index (χ4v) is 1.98. The van der Waals surface area contributed by atoms with Crippen molar-refractivity contribution < 1.29 is 0 Å². The van der Waals surface area contributed by atoms with E-state index in [0.29, 0.717) is 24.6 Å². The Bertz CT molecular complexity index is 633. The van der Waals surface area contributed by atoms with Crippen LogP contribution in [-0.4, -0.2) is 15.0 Å². The lowest BCUT2D eigenvalue weighted by molar-refractivity contribution is 0.757. The summed E-state index contributed by atoms with van der Waals surface area (Å²) >= 11 is 0. The van der Waals surface area contributed by atoms with Gasteiger partial charge in [-0.25, -0.2) is 9.97 Å². The number of fused-ring (bicyclic) bond motifs is 1. The molecular weight excluding hydrogens is 216 g/mol. The molecule has 5 heteroatoms. The van der Waals surface area contributed by atoms with Gasteiger partial charge in [0.05, 0.1) is 11.3 Å². The molecule has 2 aromatic rings. The maximum Gasteiger partial charge on any atom is 0.256 e. The summed E-state index contributed by atoms with van der Waals surface area (Å²) in [5, 5.41) is 3.12. The minimum Gasteiger partial charge on any atom is -0.307 e. The van der Waals surface area contributed by atoms with Crippen molar-refractivity contribution in [2.45, 2.75) is 20.0 Å². The number of pyridine rings is 1. The van der Waals surface area contributed by atoms with Crippen LogP contribution in [0.5, 0.6) is 0 Å². The maximum absolute atomic E-state index is 11.8. The lowest BCUT2D eigenvalue weighted by Gasteiger charge is -2.03. The molecule has 0 spiro atoms. The number of aromatic amines is 1. The monoisotopic (exact) mass is 228 g/mol. The van der Waals surface area contributed by atoms with Crippen molar-refractivity contribution >= 4 is 0 Å². The Morgan fingerprint density at radius 2 is 2.12 bits per heavy atom. The third-order valence-corrected chi connectivity index (χ3v) is 2.83. The molecule has 0 atom stereocenters. The highest BCUT2D eigenvalue weighted by Gasteiger charge is 2.17. The van der Waals surface area contributed by atoms with Crippen molar-refractivity contribution in [1.29, 1.82) is 0 Å². The van der Waals surface area contributed by atoms with E-state index in [2.05, 4.69) is 20.3 Å². The average molecular weight is 228 g/mol. The van der Waals surface area contributed by atoms with E-state index < -0.39 is 0 Å². The van der Waals surface area contributed by atoms with E-state index in [1.165, 1.54) is 0 Å². The summed E-state index contributed by atoms with van der Waals surface area (Å²) in [4.78, 5) is 23.4. The Morgan fingerprint density at radius 3 is 2.94 bits per heavy atom. The number of aryl methyl sites for hydroxylation is 1. The molecule has 1 aliphatic heterocycles. The molecule has 0 unspecified atom stereocenters. The molecule has 17 heavy (non-hydrogen) atoms. The largest absolute Gasteiger partial charge is 0.307 e. The van der Waals surface area contributed by atoms with Crippen molar-refractivity contribution in [1.82, 2.24) is 20.3 Å². The third-order valence-electron chi connectivity index (χ3n) is 2.83. The van der Waals surface area contributed by atoms with Crippen LogP contribution in [0.4, 0.5) is 0 Å². The predicted octanol–water partition coefficient (Wildman–Crippen LogP) is 0.744. The molecule has 86 valence electrons. The van der Waals surface area contributed by atoms with Crippen LogP contribution in [0.1, 0.15) is 17.0 Å². The molecule has 2 aromatic heterocycles. The first kappa shape index (κ1) is 10.2. The van der Waals surface area contributed by atoms with Crippen LogP contribution in [-0.2, 0) is 13.1 Å². The fourth-order valence-electron chi connectivity index (χ4n) is 1.98. The van der Waals surface area contributed by atoms with E-state index in [4.69, 9.17) is 0 Å². The van der Waals surface area contributed by atoms with Gasteiger partial charge < -0.3 is 10.3 Å². The van der Waals surface area contributed by atoms with Crippen LogP contribution in [0.15, 0.2) is 23.0 Å². The van der Waals surface area contributed by atoms with Crippen LogP contribution < -0.4 is 10.9 Å². The normalized spacial score (nSPS) is 13.7. The molecule has 0 fully saturated rings. The first-order chi connectivity index (χ1) is 8.24. The molecule has 2 N–H and O–H groups in total. The Labute approximate surface area is 97.9 Å². The van der Waals surface area contributed by atoms with Gasteiger partial charge in [0.15, 0.2) is 5.82 Å². The minimum absolute atomic E-state index is 0.0710. The number of aromatic nitrogens is 3. The van der Waals surface area contributed by atoms with E-state index in [-0.39, 0.29) is 5.56 Å². The van der Waals surface area contributed by atoms with Crippen molar-refractivity contribution in [3.8, 4) is 11.5 Å². The van der Waals surface area contributed by atoms with Crippen LogP contribution in [0.3, 0.4) is 0 Å². The molecule has 0 saturated heterocycles. The van der Waals surface area contributed by atoms with Crippen LogP contribution >= 0.6 is 0 Å². The number of rotatable bonds is 1. The Kier molecular flexibility index (Phi) is 2.26. The van der Waals surface area contributed by atoms with Gasteiger partial charge in [0.1, 0.15) is 5.69 Å². The maximum atomic E-state index is 11.8. The lowest BCUT2D eigenvalue weighted by Crippen LogP contribution is -2.16. The van der Waals surface area contributed by atoms with Crippen molar-refractivity contribution in [2.24, 2.45) is 0 Å². The van der Waals surface area contributed by atoms with E-state index in [1.54, 1.807) is 0 Å². The molecule has 1 aliphatic rings. The second-order valence-electron chi connectivity index (χ2n) is 4.11. The predicted molar refractivity (Wildman–Crippen MR) is 63.4 cm³/mol. The Morgan fingerprint density at radius 1 is 1.24 bits per heavy atom. The molecule has 0 aromatic carbocycles. The molecule has 0 radical (unpaired) electrons. The Hall–Kier alpha value is -2.01. The molecular formula is C12H12N4O. The SMILES string of the molecule is Cc1cccc(-c2nc3c(c(=O)[nH]2)CNC3)n1. The van der Waals surface area contributed by atoms with Gasteiger partial charge in [0.25, 0.3) is 5.56 Å². The van der Waals surface area contributed by atoms with Gasteiger partial charge in [0, 0.05) is 18.8 Å². The summed E-state index contributed by atoms with van der Waals surface area (Å²) in [6.07, 6.45) is 0. The molecule has 0 bridgehead atoms. The molecule has 3 rings (SSSR count). The van der Waals surface area contributed by atoms with E-state index in [9.17, 15) is 4.79 Å². The van der Waals surface area contributed by atoms with Crippen molar-refractivity contribution in [3.63, 3.8) is 0 Å². The minimum atomic E-state index is -0.0710. The van der Waals surface area contributed by atoms with Crippen molar-refractivity contribution in [3.05, 3.63) is 45.5 Å². The highest BCUT2D eigenvalue weighted by molar-refractivity contribution is 5.49. The van der Waals surface area contributed by atoms with Gasteiger partial charge in [-0.05, 0) is 19.1 Å². The highest BCUT2D eigenvalue weighted by Crippen LogP contribution is 2.14. The van der Waals surface area contributed by atoms with Gasteiger partial charge in [-0.3, -0.25) is 4.79 Å². The number of nitrogens with zero attached hydrogens (tertiary/aromatic N) is 2. The first-order valence-corrected chi connectivity index (χ1v) is 5.51. The van der Waals surface area contributed by atoms with Crippen LogP contribution in [0.2, 0.25) is 0 Å². The van der Waals surface area contributed by atoms with Crippen molar-refractivity contribution in [2.75, 3.05) is 0 Å². The molecule has 3 heterocycles. The van der Waals surface area contributed by atoms with Gasteiger partial charge in [-0.2, -0.15) is 0 Å². The summed E-state index contributed by atoms with van der Waals surface area (Å²) in [6, 6.07) is 5.67. The van der Waals surface area contributed by atoms with Gasteiger partial charge >= 0.3 is 0 Å². The van der Waals surface area contributed by atoms with E-state index >= 15 is 0 Å². The zero-order valence-electron chi connectivity index (χ0n) is 9.45. The fraction of sp³-hybridized carbons (Fsp3) is 0.250. The second kappa shape index (κ2) is 3.78. The summed E-state index contributed by atoms with van der Waals surface area (Å²) < 4.78 is 0. The molecule has 0 amide bonds.